The predicted molar refractivity (Wildman–Crippen MR) is 119 cm³/mol. The number of nitrogens with one attached hydrogen (secondary N) is 3. The Morgan fingerprint density at radius 1 is 0.903 bits per heavy atom. The third kappa shape index (κ3) is 11.3. The van der Waals surface area contributed by atoms with Crippen molar-refractivity contribution in [3.05, 3.63) is 0 Å². The number of aliphatic hydroxyl groups is 1. The van der Waals surface area contributed by atoms with Crippen molar-refractivity contribution in [2.75, 3.05) is 25.2 Å². The number of unbranched alkanes of at least 4 members (excludes halogenated alkanes) is 1. The number of amides is 3. The molecule has 0 aromatic rings. The van der Waals surface area contributed by atoms with E-state index in [0.29, 0.717) is 31.6 Å². The molecule has 0 aliphatic rings. The van der Waals surface area contributed by atoms with Crippen molar-refractivity contribution in [3.8, 4) is 0 Å². The summed E-state index contributed by atoms with van der Waals surface area (Å²) in [6, 6.07) is -4.21. The molecule has 0 radical (unpaired) electrons. The first kappa shape index (κ1) is 29.1. The number of rotatable bonds is 16. The van der Waals surface area contributed by atoms with Crippen molar-refractivity contribution < 1.29 is 29.4 Å². The van der Waals surface area contributed by atoms with E-state index in [4.69, 9.17) is 21.7 Å². The summed E-state index contributed by atoms with van der Waals surface area (Å²) in [6.45, 7) is 3.23. The SMILES string of the molecule is CSCCC(NC(=O)C(CCCCN)NC(=O)C(N)C(C)C)C(=O)NC(CO)C(=O)O. The first-order valence-corrected chi connectivity index (χ1v) is 11.7. The molecule has 0 aromatic carbocycles. The van der Waals surface area contributed by atoms with Crippen molar-refractivity contribution in [1.82, 2.24) is 16.0 Å². The molecule has 3 amide bonds. The number of carboxylic acids is 1. The Morgan fingerprint density at radius 3 is 1.87 bits per heavy atom. The van der Waals surface area contributed by atoms with Gasteiger partial charge in [0.05, 0.1) is 12.6 Å². The molecule has 0 spiro atoms. The molecule has 0 bridgehead atoms. The Morgan fingerprint density at radius 2 is 1.42 bits per heavy atom. The number of nitrogens with two attached hydrogens (primary N) is 2. The monoisotopic (exact) mass is 463 g/mol. The van der Waals surface area contributed by atoms with Gasteiger partial charge < -0.3 is 37.6 Å². The maximum atomic E-state index is 12.9. The average Bonchev–Trinajstić information content (AvgIpc) is 2.72. The lowest BCUT2D eigenvalue weighted by Crippen LogP contribution is -2.58. The largest absolute Gasteiger partial charge is 0.480 e. The topological polar surface area (TPSA) is 197 Å². The van der Waals surface area contributed by atoms with E-state index in [1.807, 2.05) is 6.26 Å². The summed E-state index contributed by atoms with van der Waals surface area (Å²) in [4.78, 5) is 48.9. The van der Waals surface area contributed by atoms with Gasteiger partial charge in [0.25, 0.3) is 0 Å². The van der Waals surface area contributed by atoms with Gasteiger partial charge in [0.15, 0.2) is 0 Å². The van der Waals surface area contributed by atoms with Gasteiger partial charge in [0.1, 0.15) is 18.1 Å². The van der Waals surface area contributed by atoms with E-state index < -0.39 is 54.5 Å². The molecule has 0 aromatic heterocycles. The molecule has 180 valence electrons. The number of hydrogen-bond donors (Lipinski definition) is 7. The fourth-order valence-electron chi connectivity index (χ4n) is 2.57. The van der Waals surface area contributed by atoms with Crippen LogP contribution < -0.4 is 27.4 Å². The summed E-state index contributed by atoms with van der Waals surface area (Å²) < 4.78 is 0. The molecule has 0 aliphatic heterocycles. The third-order valence-corrected chi connectivity index (χ3v) is 5.29. The highest BCUT2D eigenvalue weighted by atomic mass is 32.2. The van der Waals surface area contributed by atoms with E-state index in [9.17, 15) is 19.2 Å². The molecule has 0 fully saturated rings. The van der Waals surface area contributed by atoms with Gasteiger partial charge in [-0.05, 0) is 50.2 Å². The highest BCUT2D eigenvalue weighted by Gasteiger charge is 2.30. The summed E-state index contributed by atoms with van der Waals surface area (Å²) in [5.41, 5.74) is 11.4. The molecule has 9 N–H and O–H groups in total. The van der Waals surface area contributed by atoms with E-state index >= 15 is 0 Å². The zero-order chi connectivity index (χ0) is 24.0. The molecule has 4 atom stereocenters. The molecule has 31 heavy (non-hydrogen) atoms. The third-order valence-electron chi connectivity index (χ3n) is 4.64. The summed E-state index contributed by atoms with van der Waals surface area (Å²) in [5.74, 6) is -2.76. The fraction of sp³-hybridized carbons (Fsp3) is 0.789. The predicted octanol–water partition coefficient (Wildman–Crippen LogP) is -1.62. The fourth-order valence-corrected chi connectivity index (χ4v) is 3.04. The molecule has 0 saturated carbocycles. The second-order valence-electron chi connectivity index (χ2n) is 7.54. The zero-order valence-corrected chi connectivity index (χ0v) is 19.2. The van der Waals surface area contributed by atoms with Crippen LogP contribution in [0.3, 0.4) is 0 Å². The number of carboxylic acid groups (broad SMARTS) is 1. The van der Waals surface area contributed by atoms with Crippen LogP contribution in [-0.4, -0.2) is 83.2 Å². The first-order valence-electron chi connectivity index (χ1n) is 10.3. The summed E-state index contributed by atoms with van der Waals surface area (Å²) >= 11 is 1.45. The first-order chi connectivity index (χ1) is 14.6. The van der Waals surface area contributed by atoms with E-state index in [2.05, 4.69) is 16.0 Å². The van der Waals surface area contributed by atoms with Gasteiger partial charge in [-0.25, -0.2) is 4.79 Å². The molecule has 12 heteroatoms. The van der Waals surface area contributed by atoms with Crippen LogP contribution in [0.5, 0.6) is 0 Å². The average molecular weight is 464 g/mol. The van der Waals surface area contributed by atoms with Crippen molar-refractivity contribution in [3.63, 3.8) is 0 Å². The molecule has 4 unspecified atom stereocenters. The standard InChI is InChI=1S/C19H37N5O6S/c1-11(2)15(21)18(28)23-12(6-4-5-8-20)16(26)22-13(7-9-31-3)17(27)24-14(10-25)19(29)30/h11-15,25H,4-10,20-21H2,1-3H3,(H,22,26)(H,23,28)(H,24,27)(H,29,30). The number of aliphatic carboxylic acids is 1. The van der Waals surface area contributed by atoms with Crippen LogP contribution >= 0.6 is 11.8 Å². The highest BCUT2D eigenvalue weighted by Crippen LogP contribution is 2.07. The highest BCUT2D eigenvalue weighted by molar-refractivity contribution is 7.98. The minimum Gasteiger partial charge on any atom is -0.480 e. The summed E-state index contributed by atoms with van der Waals surface area (Å²) in [6.07, 6.45) is 3.62. The smallest absolute Gasteiger partial charge is 0.328 e. The van der Waals surface area contributed by atoms with E-state index in [0.717, 1.165) is 0 Å². The second kappa shape index (κ2) is 15.8. The number of aliphatic hydroxyl groups excluding tert-OH is 1. The number of hydrogen-bond acceptors (Lipinski definition) is 8. The van der Waals surface area contributed by atoms with Crippen LogP contribution in [0.1, 0.15) is 39.5 Å². The van der Waals surface area contributed by atoms with Gasteiger partial charge in [-0.2, -0.15) is 11.8 Å². The maximum Gasteiger partial charge on any atom is 0.328 e. The Balaban J connectivity index is 5.36. The molecule has 11 nitrogen and oxygen atoms in total. The van der Waals surface area contributed by atoms with Crippen LogP contribution in [-0.2, 0) is 19.2 Å². The van der Waals surface area contributed by atoms with Crippen LogP contribution in [0.2, 0.25) is 0 Å². The Bertz CT molecular complexity index is 592. The van der Waals surface area contributed by atoms with E-state index in [-0.39, 0.29) is 12.3 Å². The van der Waals surface area contributed by atoms with Crippen molar-refractivity contribution in [2.45, 2.75) is 63.7 Å². The van der Waals surface area contributed by atoms with Crippen molar-refractivity contribution in [2.24, 2.45) is 17.4 Å². The lowest BCUT2D eigenvalue weighted by Gasteiger charge is -2.25. The van der Waals surface area contributed by atoms with Crippen molar-refractivity contribution >= 4 is 35.5 Å². The van der Waals surface area contributed by atoms with Gasteiger partial charge in [-0.15, -0.1) is 0 Å². The van der Waals surface area contributed by atoms with Gasteiger partial charge in [-0.3, -0.25) is 14.4 Å². The van der Waals surface area contributed by atoms with E-state index in [1.165, 1.54) is 11.8 Å². The summed E-state index contributed by atoms with van der Waals surface area (Å²) in [5, 5.41) is 25.6. The summed E-state index contributed by atoms with van der Waals surface area (Å²) in [7, 11) is 0. The molecule has 0 saturated heterocycles. The number of carbonyl (C=O) groups is 4. The lowest BCUT2D eigenvalue weighted by atomic mass is 10.0. The van der Waals surface area contributed by atoms with Crippen LogP contribution in [0.4, 0.5) is 0 Å². The van der Waals surface area contributed by atoms with Gasteiger partial charge in [0.2, 0.25) is 17.7 Å². The Labute approximate surface area is 187 Å². The molecule has 0 heterocycles. The lowest BCUT2D eigenvalue weighted by molar-refractivity contribution is -0.143. The molecular weight excluding hydrogens is 426 g/mol. The van der Waals surface area contributed by atoms with Gasteiger partial charge >= 0.3 is 5.97 Å². The quantitative estimate of drug-likeness (QED) is 0.132. The van der Waals surface area contributed by atoms with Crippen LogP contribution in [0, 0.1) is 5.92 Å². The minimum absolute atomic E-state index is 0.126. The maximum absolute atomic E-state index is 12.9. The van der Waals surface area contributed by atoms with Crippen molar-refractivity contribution in [1.29, 1.82) is 0 Å². The van der Waals surface area contributed by atoms with Crippen LogP contribution in [0.15, 0.2) is 0 Å². The molecule has 0 rings (SSSR count). The molecular formula is C19H37N5O6S. The van der Waals surface area contributed by atoms with Gasteiger partial charge in [0, 0.05) is 0 Å². The normalized spacial score (nSPS) is 14.9. The van der Waals surface area contributed by atoms with Crippen LogP contribution in [0.25, 0.3) is 0 Å². The molecule has 0 aliphatic carbocycles. The minimum atomic E-state index is -1.48. The van der Waals surface area contributed by atoms with Gasteiger partial charge in [-0.1, -0.05) is 13.8 Å². The zero-order valence-electron chi connectivity index (χ0n) is 18.4. The second-order valence-corrected chi connectivity index (χ2v) is 8.53. The van der Waals surface area contributed by atoms with E-state index in [1.54, 1.807) is 13.8 Å². The number of carbonyl (C=O) groups excluding carboxylic acids is 3. The Hall–Kier alpha value is -1.89. The number of thioether (sulfide) groups is 1. The Kier molecular flexibility index (Phi) is 14.9.